The average Bonchev–Trinajstić information content (AvgIpc) is 2.74. The highest BCUT2D eigenvalue weighted by Crippen LogP contribution is 2.90. The van der Waals surface area contributed by atoms with E-state index in [1.165, 1.54) is 51.4 Å². The lowest BCUT2D eigenvalue weighted by Gasteiger charge is -2.45. The molecule has 0 heterocycles. The van der Waals surface area contributed by atoms with Crippen molar-refractivity contribution in [1.29, 1.82) is 5.41 Å². The Bertz CT molecular complexity index is 589. The molecule has 4 fully saturated rings. The van der Waals surface area contributed by atoms with Crippen LogP contribution in [0.3, 0.4) is 0 Å². The lowest BCUT2D eigenvalue weighted by molar-refractivity contribution is 0.0540. The van der Waals surface area contributed by atoms with Crippen molar-refractivity contribution in [3.63, 3.8) is 0 Å². The molecule has 0 radical (unpaired) electrons. The van der Waals surface area contributed by atoms with Gasteiger partial charge in [-0.05, 0) is 86.9 Å². The maximum atomic E-state index is 8.30. The van der Waals surface area contributed by atoms with Gasteiger partial charge in [-0.25, -0.2) is 0 Å². The van der Waals surface area contributed by atoms with Crippen LogP contribution >= 0.6 is 0 Å². The van der Waals surface area contributed by atoms with Crippen LogP contribution in [0, 0.1) is 45.3 Å². The number of rotatable bonds is 1. The number of allylic oxidation sites excluding steroid dienone is 2. The maximum absolute atomic E-state index is 8.30. The lowest BCUT2D eigenvalue weighted by Crippen LogP contribution is -2.40. The van der Waals surface area contributed by atoms with E-state index < -0.39 is 0 Å². The molecule has 0 amide bonds. The van der Waals surface area contributed by atoms with E-state index >= 15 is 0 Å². The molecule has 0 bridgehead atoms. The van der Waals surface area contributed by atoms with E-state index in [1.54, 1.807) is 0 Å². The van der Waals surface area contributed by atoms with Crippen LogP contribution in [-0.2, 0) is 0 Å². The van der Waals surface area contributed by atoms with Crippen molar-refractivity contribution in [1.82, 2.24) is 0 Å². The molecule has 5 aliphatic rings. The first-order valence-electron chi connectivity index (χ1n) is 9.71. The fraction of sp³-hybridized carbons (Fsp3) is 0.857. The summed E-state index contributed by atoms with van der Waals surface area (Å²) in [4.78, 5) is 0. The van der Waals surface area contributed by atoms with E-state index in [0.29, 0.717) is 22.2 Å². The normalized spacial score (nSPS) is 58.2. The number of nitrogens with one attached hydrogen (secondary N) is 1. The minimum Gasteiger partial charge on any atom is -0.310 e. The molecular formula is C21H31N. The Morgan fingerprint density at radius 2 is 1.95 bits per heavy atom. The predicted octanol–water partition coefficient (Wildman–Crippen LogP) is 5.61. The van der Waals surface area contributed by atoms with Crippen LogP contribution in [0.15, 0.2) is 11.6 Å². The minimum atomic E-state index is 0.443. The summed E-state index contributed by atoms with van der Waals surface area (Å²) in [6.45, 7) is 7.10. The summed E-state index contributed by atoms with van der Waals surface area (Å²) in [7, 11) is 0. The quantitative estimate of drug-likeness (QED) is 0.481. The highest BCUT2D eigenvalue weighted by atomic mass is 14.9. The van der Waals surface area contributed by atoms with Crippen molar-refractivity contribution >= 4 is 5.71 Å². The first-order valence-corrected chi connectivity index (χ1v) is 9.71. The molecule has 5 rings (SSSR count). The molecule has 1 heteroatoms. The van der Waals surface area contributed by atoms with E-state index in [2.05, 4.69) is 26.8 Å². The molecular weight excluding hydrogens is 266 g/mol. The molecule has 120 valence electrons. The van der Waals surface area contributed by atoms with E-state index in [0.717, 1.165) is 23.5 Å². The van der Waals surface area contributed by atoms with Crippen molar-refractivity contribution in [3.05, 3.63) is 11.6 Å². The molecule has 0 aromatic rings. The predicted molar refractivity (Wildman–Crippen MR) is 91.0 cm³/mol. The fourth-order valence-corrected chi connectivity index (χ4v) is 8.62. The first-order chi connectivity index (χ1) is 10.5. The molecule has 0 aromatic carbocycles. The number of hydrogen-bond donors (Lipinski definition) is 1. The second-order valence-corrected chi connectivity index (χ2v) is 9.76. The van der Waals surface area contributed by atoms with Crippen molar-refractivity contribution in [2.45, 2.75) is 72.1 Å². The van der Waals surface area contributed by atoms with Gasteiger partial charge >= 0.3 is 0 Å². The molecule has 0 saturated heterocycles. The largest absolute Gasteiger partial charge is 0.310 e. The van der Waals surface area contributed by atoms with Gasteiger partial charge in [0.1, 0.15) is 0 Å². The monoisotopic (exact) mass is 297 g/mol. The van der Waals surface area contributed by atoms with Gasteiger partial charge in [0.25, 0.3) is 0 Å². The van der Waals surface area contributed by atoms with Crippen molar-refractivity contribution < 1.29 is 0 Å². The zero-order chi connectivity index (χ0) is 15.3. The third kappa shape index (κ3) is 1.22. The van der Waals surface area contributed by atoms with Crippen LogP contribution in [0.2, 0.25) is 0 Å². The van der Waals surface area contributed by atoms with Crippen LogP contribution in [0.25, 0.3) is 0 Å². The third-order valence-corrected chi connectivity index (χ3v) is 9.28. The van der Waals surface area contributed by atoms with E-state index in [9.17, 15) is 0 Å². The van der Waals surface area contributed by atoms with Gasteiger partial charge in [0, 0.05) is 17.0 Å². The standard InChI is InChI=1S/C21H31N/c1-13-6-10-20-15(12-13)7-11-21(20)17-5-4-16(14(2)22)19(17,3)9-8-18(20)21/h7,13,16-18,22H,4-6,8-12H2,1-3H3. The minimum absolute atomic E-state index is 0.443. The molecule has 4 saturated carbocycles. The second kappa shape index (κ2) is 3.90. The Kier molecular flexibility index (Phi) is 2.45. The highest BCUT2D eigenvalue weighted by molar-refractivity contribution is 5.82. The zero-order valence-corrected chi connectivity index (χ0v) is 14.5. The van der Waals surface area contributed by atoms with Crippen LogP contribution in [0.4, 0.5) is 0 Å². The summed E-state index contributed by atoms with van der Waals surface area (Å²) in [5.41, 5.74) is 4.60. The second-order valence-electron chi connectivity index (χ2n) is 9.76. The molecule has 0 aromatic heterocycles. The molecule has 22 heavy (non-hydrogen) atoms. The van der Waals surface area contributed by atoms with Gasteiger partial charge in [0.15, 0.2) is 0 Å². The van der Waals surface area contributed by atoms with Gasteiger partial charge < -0.3 is 5.41 Å². The van der Waals surface area contributed by atoms with Gasteiger partial charge in [-0.2, -0.15) is 0 Å². The molecule has 1 N–H and O–H groups in total. The Labute approximate surface area is 135 Å². The van der Waals surface area contributed by atoms with Gasteiger partial charge in [-0.15, -0.1) is 0 Å². The summed E-state index contributed by atoms with van der Waals surface area (Å²) in [6, 6.07) is 0. The number of fused-ring (bicyclic) bond motifs is 1. The van der Waals surface area contributed by atoms with Gasteiger partial charge in [0.05, 0.1) is 0 Å². The Morgan fingerprint density at radius 1 is 1.14 bits per heavy atom. The molecule has 2 spiro atoms. The Hall–Kier alpha value is -0.590. The summed E-state index contributed by atoms with van der Waals surface area (Å²) in [5, 5.41) is 8.30. The number of hydrogen-bond acceptors (Lipinski definition) is 1. The van der Waals surface area contributed by atoms with Gasteiger partial charge in [-0.1, -0.05) is 25.5 Å². The van der Waals surface area contributed by atoms with Crippen LogP contribution in [-0.4, -0.2) is 5.71 Å². The van der Waals surface area contributed by atoms with Crippen molar-refractivity contribution in [3.8, 4) is 0 Å². The van der Waals surface area contributed by atoms with Gasteiger partial charge in [-0.3, -0.25) is 0 Å². The average molecular weight is 297 g/mol. The van der Waals surface area contributed by atoms with E-state index in [4.69, 9.17) is 5.41 Å². The molecule has 5 aliphatic carbocycles. The van der Waals surface area contributed by atoms with E-state index in [-0.39, 0.29) is 0 Å². The van der Waals surface area contributed by atoms with Crippen molar-refractivity contribution in [2.24, 2.45) is 39.9 Å². The summed E-state index contributed by atoms with van der Waals surface area (Å²) in [5.74, 6) is 3.43. The Morgan fingerprint density at radius 3 is 2.73 bits per heavy atom. The third-order valence-electron chi connectivity index (χ3n) is 9.28. The molecule has 7 atom stereocenters. The topological polar surface area (TPSA) is 23.9 Å². The maximum Gasteiger partial charge on any atom is 0.00946 e. The van der Waals surface area contributed by atoms with Crippen LogP contribution in [0.1, 0.15) is 72.1 Å². The lowest BCUT2D eigenvalue weighted by atomic mass is 9.59. The van der Waals surface area contributed by atoms with Gasteiger partial charge in [0.2, 0.25) is 0 Å². The smallest absolute Gasteiger partial charge is 0.00946 e. The summed E-state index contributed by atoms with van der Waals surface area (Å²) < 4.78 is 0. The van der Waals surface area contributed by atoms with Crippen LogP contribution in [0.5, 0.6) is 0 Å². The molecule has 0 aliphatic heterocycles. The molecule has 1 nitrogen and oxygen atoms in total. The summed E-state index contributed by atoms with van der Waals surface area (Å²) >= 11 is 0. The highest BCUT2D eigenvalue weighted by Gasteiger charge is 2.84. The summed E-state index contributed by atoms with van der Waals surface area (Å²) in [6.07, 6.45) is 14.0. The SMILES string of the molecule is CC(=N)C1CCC2C1(C)CCC1C34CCC(C)CC3=CCC214. The molecule has 7 unspecified atom stereocenters. The fourth-order valence-electron chi connectivity index (χ4n) is 8.62. The van der Waals surface area contributed by atoms with Crippen molar-refractivity contribution in [2.75, 3.05) is 0 Å². The van der Waals surface area contributed by atoms with Crippen LogP contribution < -0.4 is 0 Å². The first kappa shape index (κ1) is 13.8. The Balaban J connectivity index is 1.56. The zero-order valence-electron chi connectivity index (χ0n) is 14.5. The van der Waals surface area contributed by atoms with E-state index in [1.807, 2.05) is 5.57 Å².